The summed E-state index contributed by atoms with van der Waals surface area (Å²) in [5, 5.41) is 2.03. The second kappa shape index (κ2) is 5.42. The first-order valence-corrected chi connectivity index (χ1v) is 6.44. The molecule has 17 heavy (non-hydrogen) atoms. The highest BCUT2D eigenvalue weighted by Gasteiger charge is 2.33. The largest absolute Gasteiger partial charge is 0.468 e. The zero-order chi connectivity index (χ0) is 12.3. The molecule has 1 unspecified atom stereocenters. The van der Waals surface area contributed by atoms with Crippen LogP contribution in [0.2, 0.25) is 0 Å². The van der Waals surface area contributed by atoms with Gasteiger partial charge in [0, 0.05) is 30.9 Å². The normalized spacial score (nSPS) is 21.5. The summed E-state index contributed by atoms with van der Waals surface area (Å²) < 4.78 is 4.66. The lowest BCUT2D eigenvalue weighted by atomic mass is 9.96. The Hall–Kier alpha value is -1.20. The molecule has 0 spiro atoms. The Balaban J connectivity index is 1.98. The van der Waals surface area contributed by atoms with Crippen LogP contribution in [0.5, 0.6) is 0 Å². The van der Waals surface area contributed by atoms with Gasteiger partial charge in [0.2, 0.25) is 0 Å². The van der Waals surface area contributed by atoms with Crippen molar-refractivity contribution in [3.05, 3.63) is 22.4 Å². The highest BCUT2D eigenvalue weighted by Crippen LogP contribution is 2.19. The molecule has 2 heterocycles. The zero-order valence-electron chi connectivity index (χ0n) is 9.72. The second-order valence-electron chi connectivity index (χ2n) is 4.11. The molecule has 0 saturated carbocycles. The molecular weight excluding hydrogens is 238 g/mol. The monoisotopic (exact) mass is 253 g/mol. The number of Topliss-reactive ketones (excluding diaryl/α,β-unsaturated/α-hetero) is 1. The number of hydrogen-bond donors (Lipinski definition) is 0. The van der Waals surface area contributed by atoms with Gasteiger partial charge in [-0.2, -0.15) is 0 Å². The smallest absolute Gasteiger partial charge is 0.317 e. The lowest BCUT2D eigenvalue weighted by Crippen LogP contribution is -2.44. The van der Waals surface area contributed by atoms with Crippen LogP contribution in [0.1, 0.15) is 11.3 Å². The van der Waals surface area contributed by atoms with Crippen LogP contribution in [0.25, 0.3) is 0 Å². The Morgan fingerprint density at radius 1 is 1.65 bits per heavy atom. The summed E-state index contributed by atoms with van der Waals surface area (Å²) in [5.41, 5.74) is 0. The van der Waals surface area contributed by atoms with Crippen molar-refractivity contribution in [1.82, 2.24) is 4.90 Å². The van der Waals surface area contributed by atoms with Crippen LogP contribution in [0.15, 0.2) is 17.5 Å². The van der Waals surface area contributed by atoms with E-state index in [0.29, 0.717) is 13.0 Å². The summed E-state index contributed by atoms with van der Waals surface area (Å²) in [5.74, 6) is -1.01. The van der Waals surface area contributed by atoms with Gasteiger partial charge >= 0.3 is 5.97 Å². The van der Waals surface area contributed by atoms with E-state index in [1.807, 2.05) is 11.4 Å². The molecule has 2 rings (SSSR count). The Kier molecular flexibility index (Phi) is 3.91. The quantitative estimate of drug-likeness (QED) is 0.602. The fraction of sp³-hybridized carbons (Fsp3) is 0.500. The lowest BCUT2D eigenvalue weighted by Gasteiger charge is -2.29. The van der Waals surface area contributed by atoms with Crippen LogP contribution >= 0.6 is 11.3 Å². The van der Waals surface area contributed by atoms with Crippen LogP contribution in [0.4, 0.5) is 0 Å². The number of likely N-dealkylation sites (tertiary alicyclic amines) is 1. The first-order valence-electron chi connectivity index (χ1n) is 5.56. The van der Waals surface area contributed by atoms with Crippen molar-refractivity contribution in [2.45, 2.75) is 13.0 Å². The molecule has 0 aromatic carbocycles. The highest BCUT2D eigenvalue weighted by molar-refractivity contribution is 7.09. The zero-order valence-corrected chi connectivity index (χ0v) is 10.5. The number of esters is 1. The van der Waals surface area contributed by atoms with Gasteiger partial charge in [-0.1, -0.05) is 6.07 Å². The van der Waals surface area contributed by atoms with Crippen molar-refractivity contribution >= 4 is 23.1 Å². The SMILES string of the molecule is COC(=O)C1CN(Cc2cccs2)CCC1=O. The molecule has 0 N–H and O–H groups in total. The summed E-state index contributed by atoms with van der Waals surface area (Å²) in [6.07, 6.45) is 0.436. The third kappa shape index (κ3) is 2.92. The third-order valence-electron chi connectivity index (χ3n) is 2.95. The van der Waals surface area contributed by atoms with Crippen LogP contribution in [-0.4, -0.2) is 36.9 Å². The van der Waals surface area contributed by atoms with E-state index in [1.165, 1.54) is 12.0 Å². The standard InChI is InChI=1S/C12H15NO3S/c1-16-12(15)10-8-13(5-4-11(10)14)7-9-3-2-6-17-9/h2-3,6,10H,4-5,7-8H2,1H3. The topological polar surface area (TPSA) is 46.6 Å². The van der Waals surface area contributed by atoms with Gasteiger partial charge in [0.1, 0.15) is 11.7 Å². The maximum absolute atomic E-state index is 11.6. The van der Waals surface area contributed by atoms with E-state index < -0.39 is 11.9 Å². The van der Waals surface area contributed by atoms with Crippen molar-refractivity contribution in [2.24, 2.45) is 5.92 Å². The fourth-order valence-electron chi connectivity index (χ4n) is 2.01. The summed E-state index contributed by atoms with van der Waals surface area (Å²) in [4.78, 5) is 26.5. The summed E-state index contributed by atoms with van der Waals surface area (Å²) in [7, 11) is 1.33. The number of hydrogen-bond acceptors (Lipinski definition) is 5. The highest BCUT2D eigenvalue weighted by atomic mass is 32.1. The van der Waals surface area contributed by atoms with E-state index in [-0.39, 0.29) is 5.78 Å². The number of ketones is 1. The van der Waals surface area contributed by atoms with E-state index in [0.717, 1.165) is 13.1 Å². The average molecular weight is 253 g/mol. The van der Waals surface area contributed by atoms with Crippen LogP contribution in [-0.2, 0) is 20.9 Å². The van der Waals surface area contributed by atoms with E-state index in [9.17, 15) is 9.59 Å². The number of ether oxygens (including phenoxy) is 1. The Morgan fingerprint density at radius 3 is 3.12 bits per heavy atom. The molecule has 5 heteroatoms. The van der Waals surface area contributed by atoms with Gasteiger partial charge in [-0.3, -0.25) is 14.5 Å². The lowest BCUT2D eigenvalue weighted by molar-refractivity contribution is -0.151. The predicted molar refractivity (Wildman–Crippen MR) is 64.7 cm³/mol. The van der Waals surface area contributed by atoms with Crippen molar-refractivity contribution in [1.29, 1.82) is 0 Å². The summed E-state index contributed by atoms with van der Waals surface area (Å²) in [6, 6.07) is 4.07. The minimum atomic E-state index is -0.603. The maximum atomic E-state index is 11.6. The molecule has 1 saturated heterocycles. The van der Waals surface area contributed by atoms with Crippen molar-refractivity contribution in [3.63, 3.8) is 0 Å². The number of methoxy groups -OCH3 is 1. The predicted octanol–water partition coefficient (Wildman–Crippen LogP) is 1.31. The van der Waals surface area contributed by atoms with Crippen LogP contribution in [0.3, 0.4) is 0 Å². The molecule has 1 aliphatic heterocycles. The molecular formula is C12H15NO3S. The number of carbonyl (C=O) groups excluding carboxylic acids is 2. The minimum absolute atomic E-state index is 0.000667. The summed E-state index contributed by atoms with van der Waals surface area (Å²) in [6.45, 7) is 2.01. The molecule has 4 nitrogen and oxygen atoms in total. The molecule has 1 aliphatic rings. The molecule has 0 aliphatic carbocycles. The number of carbonyl (C=O) groups is 2. The van der Waals surface area contributed by atoms with Gasteiger partial charge < -0.3 is 4.74 Å². The van der Waals surface area contributed by atoms with Gasteiger partial charge in [-0.05, 0) is 11.4 Å². The fourth-order valence-corrected chi connectivity index (χ4v) is 2.75. The Labute approximate surface area is 104 Å². The Bertz CT molecular complexity index is 394. The molecule has 92 valence electrons. The number of rotatable bonds is 3. The van der Waals surface area contributed by atoms with E-state index in [1.54, 1.807) is 11.3 Å². The molecule has 1 aromatic rings. The van der Waals surface area contributed by atoms with Crippen molar-refractivity contribution < 1.29 is 14.3 Å². The first-order chi connectivity index (χ1) is 8.20. The molecule has 0 radical (unpaired) electrons. The number of piperidine rings is 1. The minimum Gasteiger partial charge on any atom is -0.468 e. The summed E-state index contributed by atoms with van der Waals surface area (Å²) >= 11 is 1.69. The molecule has 0 bridgehead atoms. The van der Waals surface area contributed by atoms with E-state index in [2.05, 4.69) is 15.7 Å². The van der Waals surface area contributed by atoms with Gasteiger partial charge in [0.15, 0.2) is 0 Å². The molecule has 1 aromatic heterocycles. The molecule has 1 fully saturated rings. The Morgan fingerprint density at radius 2 is 2.47 bits per heavy atom. The van der Waals surface area contributed by atoms with Gasteiger partial charge in [-0.15, -0.1) is 11.3 Å². The van der Waals surface area contributed by atoms with Gasteiger partial charge in [0.25, 0.3) is 0 Å². The van der Waals surface area contributed by atoms with Gasteiger partial charge in [-0.25, -0.2) is 0 Å². The molecule has 0 amide bonds. The van der Waals surface area contributed by atoms with E-state index in [4.69, 9.17) is 0 Å². The van der Waals surface area contributed by atoms with Gasteiger partial charge in [0.05, 0.1) is 7.11 Å². The third-order valence-corrected chi connectivity index (χ3v) is 3.81. The number of thiophene rings is 1. The second-order valence-corrected chi connectivity index (χ2v) is 5.14. The van der Waals surface area contributed by atoms with Crippen molar-refractivity contribution in [2.75, 3.05) is 20.2 Å². The van der Waals surface area contributed by atoms with Crippen LogP contribution < -0.4 is 0 Å². The number of nitrogens with zero attached hydrogens (tertiary/aromatic N) is 1. The first kappa shape index (κ1) is 12.3. The van der Waals surface area contributed by atoms with Crippen molar-refractivity contribution in [3.8, 4) is 0 Å². The molecule has 1 atom stereocenters. The van der Waals surface area contributed by atoms with Crippen LogP contribution in [0, 0.1) is 5.92 Å². The van der Waals surface area contributed by atoms with E-state index >= 15 is 0 Å². The maximum Gasteiger partial charge on any atom is 0.317 e. The average Bonchev–Trinajstić information content (AvgIpc) is 2.83.